The van der Waals surface area contributed by atoms with Crippen LogP contribution in [0.25, 0.3) is 10.8 Å². The van der Waals surface area contributed by atoms with Gasteiger partial charge in [0.05, 0.1) is 6.10 Å². The lowest BCUT2D eigenvalue weighted by Gasteiger charge is -2.20. The summed E-state index contributed by atoms with van der Waals surface area (Å²) in [4.78, 5) is 1.98. The SMILES string of the molecule is CC(O)CCN(C)c1nnc(Cl)c2ccccc12. The van der Waals surface area contributed by atoms with E-state index >= 15 is 0 Å². The summed E-state index contributed by atoms with van der Waals surface area (Å²) in [7, 11) is 1.94. The Kier molecular flexibility index (Phi) is 3.99. The van der Waals surface area contributed by atoms with Gasteiger partial charge in [-0.3, -0.25) is 0 Å². The number of anilines is 1. The molecule has 1 aromatic heterocycles. The van der Waals surface area contributed by atoms with Crippen molar-refractivity contribution in [2.75, 3.05) is 18.5 Å². The molecule has 1 heterocycles. The van der Waals surface area contributed by atoms with Crippen LogP contribution in [0.4, 0.5) is 5.82 Å². The third-order valence-corrected chi connectivity index (χ3v) is 3.15. The molecule has 18 heavy (non-hydrogen) atoms. The fraction of sp³-hybridized carbons (Fsp3) is 0.385. The molecule has 0 aliphatic carbocycles. The zero-order chi connectivity index (χ0) is 13.1. The molecule has 0 saturated carbocycles. The summed E-state index contributed by atoms with van der Waals surface area (Å²) >= 11 is 6.03. The Balaban J connectivity index is 2.36. The average Bonchev–Trinajstić information content (AvgIpc) is 2.37. The molecule has 1 N–H and O–H groups in total. The monoisotopic (exact) mass is 265 g/mol. The molecular formula is C13H16ClN3O. The number of hydrogen-bond acceptors (Lipinski definition) is 4. The van der Waals surface area contributed by atoms with E-state index < -0.39 is 0 Å². The van der Waals surface area contributed by atoms with Crippen molar-refractivity contribution >= 4 is 28.2 Å². The van der Waals surface area contributed by atoms with Gasteiger partial charge in [0, 0.05) is 24.4 Å². The number of fused-ring (bicyclic) bond motifs is 1. The van der Waals surface area contributed by atoms with Gasteiger partial charge in [-0.25, -0.2) is 0 Å². The minimum absolute atomic E-state index is 0.320. The van der Waals surface area contributed by atoms with Gasteiger partial charge in [0.1, 0.15) is 0 Å². The molecule has 1 aromatic carbocycles. The van der Waals surface area contributed by atoms with Gasteiger partial charge in [0.15, 0.2) is 11.0 Å². The Morgan fingerprint density at radius 1 is 1.28 bits per heavy atom. The molecule has 4 nitrogen and oxygen atoms in total. The van der Waals surface area contributed by atoms with Gasteiger partial charge >= 0.3 is 0 Å². The Hall–Kier alpha value is -1.39. The van der Waals surface area contributed by atoms with Gasteiger partial charge in [-0.2, -0.15) is 0 Å². The first kappa shape index (κ1) is 13.1. The third kappa shape index (κ3) is 2.71. The maximum Gasteiger partial charge on any atom is 0.159 e. The molecule has 0 saturated heterocycles. The molecule has 0 fully saturated rings. The molecule has 0 bridgehead atoms. The van der Waals surface area contributed by atoms with E-state index in [1.54, 1.807) is 6.92 Å². The van der Waals surface area contributed by atoms with Crippen LogP contribution in [-0.2, 0) is 0 Å². The van der Waals surface area contributed by atoms with Gasteiger partial charge in [0.25, 0.3) is 0 Å². The maximum atomic E-state index is 9.32. The number of rotatable bonds is 4. The quantitative estimate of drug-likeness (QED) is 0.923. The Bertz CT molecular complexity index is 545. The summed E-state index contributed by atoms with van der Waals surface area (Å²) in [5, 5.41) is 19.7. The van der Waals surface area contributed by atoms with Crippen molar-refractivity contribution < 1.29 is 5.11 Å². The van der Waals surface area contributed by atoms with E-state index in [-0.39, 0.29) is 6.10 Å². The van der Waals surface area contributed by atoms with Crippen molar-refractivity contribution in [1.29, 1.82) is 0 Å². The van der Waals surface area contributed by atoms with Crippen molar-refractivity contribution in [2.45, 2.75) is 19.4 Å². The zero-order valence-corrected chi connectivity index (χ0v) is 11.2. The standard InChI is InChI=1S/C13H16ClN3O/c1-9(18)7-8-17(2)13-11-6-4-3-5-10(11)12(14)15-16-13/h3-6,9,18H,7-8H2,1-2H3. The average molecular weight is 266 g/mol. The molecule has 2 rings (SSSR count). The predicted molar refractivity (Wildman–Crippen MR) is 74.1 cm³/mol. The molecular weight excluding hydrogens is 250 g/mol. The second-order valence-corrected chi connectivity index (χ2v) is 4.78. The van der Waals surface area contributed by atoms with Crippen molar-refractivity contribution in [3.8, 4) is 0 Å². The Morgan fingerprint density at radius 3 is 2.61 bits per heavy atom. The van der Waals surface area contributed by atoms with Crippen molar-refractivity contribution in [1.82, 2.24) is 10.2 Å². The topological polar surface area (TPSA) is 49.2 Å². The van der Waals surface area contributed by atoms with E-state index in [0.717, 1.165) is 23.1 Å². The van der Waals surface area contributed by atoms with Crippen LogP contribution in [0.1, 0.15) is 13.3 Å². The van der Waals surface area contributed by atoms with Gasteiger partial charge in [-0.1, -0.05) is 35.9 Å². The van der Waals surface area contributed by atoms with Crippen LogP contribution < -0.4 is 4.90 Å². The molecule has 2 aromatic rings. The van der Waals surface area contributed by atoms with Crippen LogP contribution in [0.2, 0.25) is 5.15 Å². The first-order valence-electron chi connectivity index (χ1n) is 5.89. The van der Waals surface area contributed by atoms with Gasteiger partial charge < -0.3 is 10.0 Å². The minimum Gasteiger partial charge on any atom is -0.393 e. The molecule has 0 radical (unpaired) electrons. The number of aliphatic hydroxyl groups is 1. The van der Waals surface area contributed by atoms with Crippen LogP contribution >= 0.6 is 11.6 Å². The lowest BCUT2D eigenvalue weighted by atomic mass is 10.2. The van der Waals surface area contributed by atoms with Crippen LogP contribution in [0.5, 0.6) is 0 Å². The lowest BCUT2D eigenvalue weighted by molar-refractivity contribution is 0.187. The van der Waals surface area contributed by atoms with Crippen LogP contribution in [0.3, 0.4) is 0 Å². The summed E-state index contributed by atoms with van der Waals surface area (Å²) in [6, 6.07) is 7.78. The van der Waals surface area contributed by atoms with Gasteiger partial charge in [0.2, 0.25) is 0 Å². The highest BCUT2D eigenvalue weighted by Gasteiger charge is 2.11. The van der Waals surface area contributed by atoms with E-state index in [2.05, 4.69) is 10.2 Å². The van der Waals surface area contributed by atoms with Crippen LogP contribution in [0.15, 0.2) is 24.3 Å². The Labute approximate surface area is 111 Å². The number of aromatic nitrogens is 2. The van der Waals surface area contributed by atoms with Crippen molar-refractivity contribution in [3.05, 3.63) is 29.4 Å². The number of benzene rings is 1. The van der Waals surface area contributed by atoms with Crippen LogP contribution in [0, 0.1) is 0 Å². The summed E-state index contributed by atoms with van der Waals surface area (Å²) < 4.78 is 0. The molecule has 1 unspecified atom stereocenters. The molecule has 96 valence electrons. The molecule has 1 atom stereocenters. The highest BCUT2D eigenvalue weighted by atomic mass is 35.5. The first-order chi connectivity index (χ1) is 8.59. The summed E-state index contributed by atoms with van der Waals surface area (Å²) in [6.07, 6.45) is 0.369. The largest absolute Gasteiger partial charge is 0.393 e. The maximum absolute atomic E-state index is 9.32. The van der Waals surface area contributed by atoms with Gasteiger partial charge in [-0.15, -0.1) is 10.2 Å². The summed E-state index contributed by atoms with van der Waals surface area (Å²) in [6.45, 7) is 2.50. The lowest BCUT2D eigenvalue weighted by Crippen LogP contribution is -2.23. The number of hydrogen-bond donors (Lipinski definition) is 1. The summed E-state index contributed by atoms with van der Waals surface area (Å²) in [5.41, 5.74) is 0. The van der Waals surface area contributed by atoms with E-state index in [1.165, 1.54) is 0 Å². The van der Waals surface area contributed by atoms with E-state index in [1.807, 2.05) is 36.2 Å². The van der Waals surface area contributed by atoms with Gasteiger partial charge in [-0.05, 0) is 13.3 Å². The third-order valence-electron chi connectivity index (χ3n) is 2.87. The molecule has 0 amide bonds. The fourth-order valence-corrected chi connectivity index (χ4v) is 2.03. The number of nitrogens with zero attached hydrogens (tertiary/aromatic N) is 3. The minimum atomic E-state index is -0.320. The highest BCUT2D eigenvalue weighted by Crippen LogP contribution is 2.27. The Morgan fingerprint density at radius 2 is 1.94 bits per heavy atom. The number of aliphatic hydroxyl groups excluding tert-OH is 1. The molecule has 0 aliphatic heterocycles. The molecule has 0 aliphatic rings. The molecule has 0 spiro atoms. The normalized spacial score (nSPS) is 12.7. The molecule has 5 heteroatoms. The van der Waals surface area contributed by atoms with Crippen molar-refractivity contribution in [2.24, 2.45) is 0 Å². The fourth-order valence-electron chi connectivity index (χ4n) is 1.83. The van der Waals surface area contributed by atoms with E-state index in [0.29, 0.717) is 11.6 Å². The van der Waals surface area contributed by atoms with Crippen LogP contribution in [-0.4, -0.2) is 35.0 Å². The highest BCUT2D eigenvalue weighted by molar-refractivity contribution is 6.34. The van der Waals surface area contributed by atoms with E-state index in [4.69, 9.17) is 11.6 Å². The smallest absolute Gasteiger partial charge is 0.159 e. The van der Waals surface area contributed by atoms with E-state index in [9.17, 15) is 5.11 Å². The first-order valence-corrected chi connectivity index (χ1v) is 6.27. The number of halogens is 1. The zero-order valence-electron chi connectivity index (χ0n) is 10.5. The summed E-state index contributed by atoms with van der Waals surface area (Å²) in [5.74, 6) is 0.788. The second kappa shape index (κ2) is 5.50. The second-order valence-electron chi connectivity index (χ2n) is 4.42. The predicted octanol–water partition coefficient (Wildman–Crippen LogP) is 2.49. The van der Waals surface area contributed by atoms with Crippen molar-refractivity contribution in [3.63, 3.8) is 0 Å².